The van der Waals surface area contributed by atoms with E-state index in [0.717, 1.165) is 6.07 Å². The summed E-state index contributed by atoms with van der Waals surface area (Å²) >= 11 is 0. The van der Waals surface area contributed by atoms with E-state index >= 15 is 0 Å². The number of halogens is 3. The maximum absolute atomic E-state index is 13.4. The van der Waals surface area contributed by atoms with Crippen molar-refractivity contribution in [2.75, 3.05) is 11.5 Å². The quantitative estimate of drug-likeness (QED) is 0.658. The Balaban J connectivity index is 1.69. The van der Waals surface area contributed by atoms with E-state index in [0.29, 0.717) is 29.7 Å². The molecule has 9 heteroatoms. The number of aliphatic hydroxyl groups is 1. The van der Waals surface area contributed by atoms with Gasteiger partial charge in [0.25, 0.3) is 0 Å². The van der Waals surface area contributed by atoms with Gasteiger partial charge in [0.05, 0.1) is 40.8 Å². The highest BCUT2D eigenvalue weighted by atomic mass is 32.2. The summed E-state index contributed by atoms with van der Waals surface area (Å²) in [5.41, 5.74) is 0.282. The predicted molar refractivity (Wildman–Crippen MR) is 107 cm³/mol. The van der Waals surface area contributed by atoms with Crippen molar-refractivity contribution in [2.45, 2.75) is 31.7 Å². The van der Waals surface area contributed by atoms with Crippen LogP contribution in [-0.4, -0.2) is 34.6 Å². The predicted octanol–water partition coefficient (Wildman–Crippen LogP) is 3.77. The minimum Gasteiger partial charge on any atom is -0.387 e. The van der Waals surface area contributed by atoms with Crippen LogP contribution in [0.4, 0.5) is 13.2 Å². The Labute approximate surface area is 172 Å². The van der Waals surface area contributed by atoms with E-state index in [1.807, 2.05) is 0 Å². The Morgan fingerprint density at radius 1 is 1.13 bits per heavy atom. The maximum atomic E-state index is 13.4. The van der Waals surface area contributed by atoms with Crippen LogP contribution in [0.3, 0.4) is 0 Å². The molecule has 0 saturated carbocycles. The molecule has 1 saturated heterocycles. The van der Waals surface area contributed by atoms with Crippen LogP contribution < -0.4 is 0 Å². The van der Waals surface area contributed by atoms with Crippen LogP contribution in [0.15, 0.2) is 48.5 Å². The van der Waals surface area contributed by atoms with Crippen molar-refractivity contribution in [2.24, 2.45) is 5.92 Å². The molecule has 1 aromatic heterocycles. The number of aliphatic hydroxyl groups excluding tert-OH is 1. The molecule has 2 aromatic carbocycles. The van der Waals surface area contributed by atoms with E-state index in [1.54, 1.807) is 28.8 Å². The lowest BCUT2D eigenvalue weighted by atomic mass is 10.0. The van der Waals surface area contributed by atoms with Crippen molar-refractivity contribution in [3.63, 3.8) is 0 Å². The SMILES string of the molecule is O=S1(=O)CC[C@H](Cc2nc3ccccc3n2C[C@H](O)c2ccccc2C(F)(F)F)C1. The number of sulfone groups is 1. The normalized spacial score (nSPS) is 19.9. The van der Waals surface area contributed by atoms with Gasteiger partial charge in [-0.3, -0.25) is 0 Å². The first-order chi connectivity index (χ1) is 14.1. The summed E-state index contributed by atoms with van der Waals surface area (Å²) in [7, 11) is -3.06. The van der Waals surface area contributed by atoms with E-state index in [-0.39, 0.29) is 29.5 Å². The lowest BCUT2D eigenvalue weighted by molar-refractivity contribution is -0.139. The highest BCUT2D eigenvalue weighted by Crippen LogP contribution is 2.35. The maximum Gasteiger partial charge on any atom is 0.416 e. The zero-order chi connectivity index (χ0) is 21.5. The Morgan fingerprint density at radius 2 is 1.83 bits per heavy atom. The van der Waals surface area contributed by atoms with Gasteiger partial charge in [-0.25, -0.2) is 13.4 Å². The summed E-state index contributed by atoms with van der Waals surface area (Å²) in [6.45, 7) is -0.109. The number of aromatic nitrogens is 2. The molecular weight excluding hydrogens is 417 g/mol. The van der Waals surface area contributed by atoms with Crippen molar-refractivity contribution in [3.8, 4) is 0 Å². The van der Waals surface area contributed by atoms with E-state index in [9.17, 15) is 26.7 Å². The second-order valence-corrected chi connectivity index (χ2v) is 9.93. The van der Waals surface area contributed by atoms with Crippen molar-refractivity contribution in [1.29, 1.82) is 0 Å². The Morgan fingerprint density at radius 3 is 2.53 bits per heavy atom. The summed E-state index contributed by atoms with van der Waals surface area (Å²) in [6, 6.07) is 12.2. The van der Waals surface area contributed by atoms with Gasteiger partial charge >= 0.3 is 6.18 Å². The van der Waals surface area contributed by atoms with Crippen LogP contribution in [0.2, 0.25) is 0 Å². The molecule has 1 fully saturated rings. The van der Waals surface area contributed by atoms with Crippen molar-refractivity contribution in [1.82, 2.24) is 9.55 Å². The van der Waals surface area contributed by atoms with Crippen LogP contribution in [0.5, 0.6) is 0 Å². The number of imidazole rings is 1. The summed E-state index contributed by atoms with van der Waals surface area (Å²) in [6.07, 6.45) is -5.05. The molecule has 0 radical (unpaired) electrons. The van der Waals surface area contributed by atoms with Crippen molar-refractivity contribution < 1.29 is 26.7 Å². The van der Waals surface area contributed by atoms with Crippen LogP contribution in [0.1, 0.15) is 29.5 Å². The number of benzene rings is 2. The number of rotatable bonds is 5. The fourth-order valence-corrected chi connectivity index (χ4v) is 5.96. The van der Waals surface area contributed by atoms with Gasteiger partial charge in [0.15, 0.2) is 9.84 Å². The molecule has 1 aliphatic rings. The lowest BCUT2D eigenvalue weighted by Gasteiger charge is -2.20. The summed E-state index contributed by atoms with van der Waals surface area (Å²) in [4.78, 5) is 4.58. The van der Waals surface area contributed by atoms with Gasteiger partial charge < -0.3 is 9.67 Å². The van der Waals surface area contributed by atoms with Crippen LogP contribution in [0, 0.1) is 5.92 Å². The Hall–Kier alpha value is -2.39. The zero-order valence-electron chi connectivity index (χ0n) is 16.0. The zero-order valence-corrected chi connectivity index (χ0v) is 16.8. The first kappa shape index (κ1) is 20.9. The molecule has 1 aliphatic heterocycles. The molecule has 0 bridgehead atoms. The first-order valence-corrected chi connectivity index (χ1v) is 11.4. The molecule has 0 spiro atoms. The highest BCUT2D eigenvalue weighted by Gasteiger charge is 2.35. The smallest absolute Gasteiger partial charge is 0.387 e. The lowest BCUT2D eigenvalue weighted by Crippen LogP contribution is -2.18. The summed E-state index contributed by atoms with van der Waals surface area (Å²) in [5, 5.41) is 10.7. The molecule has 2 heterocycles. The van der Waals surface area contributed by atoms with Gasteiger partial charge in [0.2, 0.25) is 0 Å². The monoisotopic (exact) mass is 438 g/mol. The van der Waals surface area contributed by atoms with Gasteiger partial charge in [-0.2, -0.15) is 13.2 Å². The third-order valence-electron chi connectivity index (χ3n) is 5.51. The van der Waals surface area contributed by atoms with Gasteiger partial charge in [0, 0.05) is 6.42 Å². The van der Waals surface area contributed by atoms with Gasteiger partial charge in [-0.05, 0) is 36.1 Å². The molecule has 0 amide bonds. The van der Waals surface area contributed by atoms with E-state index in [2.05, 4.69) is 4.98 Å². The van der Waals surface area contributed by atoms with Crippen molar-refractivity contribution >= 4 is 20.9 Å². The summed E-state index contributed by atoms with van der Waals surface area (Å²) < 4.78 is 65.5. The largest absolute Gasteiger partial charge is 0.416 e. The fourth-order valence-electron chi connectivity index (χ4n) is 4.09. The number of para-hydroxylation sites is 2. The molecule has 5 nitrogen and oxygen atoms in total. The average molecular weight is 438 g/mol. The molecule has 0 aliphatic carbocycles. The number of alkyl halides is 3. The fraction of sp³-hybridized carbons (Fsp3) is 0.381. The molecule has 160 valence electrons. The number of fused-ring (bicyclic) bond motifs is 1. The molecule has 1 N–H and O–H groups in total. The van der Waals surface area contributed by atoms with Crippen LogP contribution in [-0.2, 0) is 29.0 Å². The number of hydrogen-bond donors (Lipinski definition) is 1. The molecular formula is C21H21F3N2O3S. The molecule has 0 unspecified atom stereocenters. The minimum atomic E-state index is -4.57. The van der Waals surface area contributed by atoms with Crippen molar-refractivity contribution in [3.05, 3.63) is 65.5 Å². The van der Waals surface area contributed by atoms with E-state index in [4.69, 9.17) is 0 Å². The third-order valence-corrected chi connectivity index (χ3v) is 7.35. The molecule has 4 rings (SSSR count). The van der Waals surface area contributed by atoms with Gasteiger partial charge in [-0.1, -0.05) is 30.3 Å². The number of hydrogen-bond acceptors (Lipinski definition) is 4. The van der Waals surface area contributed by atoms with E-state index in [1.165, 1.54) is 18.2 Å². The summed E-state index contributed by atoms with van der Waals surface area (Å²) in [5.74, 6) is 0.696. The molecule has 2 atom stereocenters. The second-order valence-electron chi connectivity index (χ2n) is 7.70. The first-order valence-electron chi connectivity index (χ1n) is 9.63. The number of nitrogens with zero attached hydrogens (tertiary/aromatic N) is 2. The third kappa shape index (κ3) is 4.22. The molecule has 3 aromatic rings. The average Bonchev–Trinajstić information content (AvgIpc) is 3.20. The standard InChI is InChI=1S/C21H21F3N2O3S/c22-21(23,24)16-6-2-1-5-15(16)19(27)12-26-18-8-4-3-7-17(18)25-20(26)11-14-9-10-30(28,29)13-14/h1-8,14,19,27H,9-13H2/t14-,19+/m1/s1. The van der Waals surface area contributed by atoms with Gasteiger partial charge in [-0.15, -0.1) is 0 Å². The second kappa shape index (κ2) is 7.70. The Kier molecular flexibility index (Phi) is 5.36. The molecule has 30 heavy (non-hydrogen) atoms. The van der Waals surface area contributed by atoms with Gasteiger partial charge in [0.1, 0.15) is 5.82 Å². The van der Waals surface area contributed by atoms with Crippen LogP contribution in [0.25, 0.3) is 11.0 Å². The van der Waals surface area contributed by atoms with E-state index < -0.39 is 27.7 Å². The highest BCUT2D eigenvalue weighted by molar-refractivity contribution is 7.91. The minimum absolute atomic E-state index is 0.0790. The topological polar surface area (TPSA) is 72.2 Å². The Bertz CT molecular complexity index is 1170. The van der Waals surface area contributed by atoms with Crippen LogP contribution >= 0.6 is 0 Å².